The smallest absolute Gasteiger partial charge is 0.230 e. The van der Waals surface area contributed by atoms with Crippen LogP contribution in [0.15, 0.2) is 35.1 Å². The van der Waals surface area contributed by atoms with Gasteiger partial charge < -0.3 is 4.90 Å². The van der Waals surface area contributed by atoms with Gasteiger partial charge in [-0.2, -0.15) is 5.10 Å². The fraction of sp³-hybridized carbons (Fsp3) is 0.333. The third-order valence-corrected chi connectivity index (χ3v) is 4.36. The summed E-state index contributed by atoms with van der Waals surface area (Å²) in [6, 6.07) is 4.71. The Kier molecular flexibility index (Phi) is 3.57. The van der Waals surface area contributed by atoms with Crippen LogP contribution in [0.1, 0.15) is 17.9 Å². The highest BCUT2D eigenvalue weighted by Crippen LogP contribution is 2.48. The normalized spacial score (nSPS) is 20.4. The second kappa shape index (κ2) is 5.26. The number of anilines is 1. The fourth-order valence-electron chi connectivity index (χ4n) is 2.59. The first-order chi connectivity index (χ1) is 9.97. The van der Waals surface area contributed by atoms with Gasteiger partial charge in [0.25, 0.3) is 0 Å². The van der Waals surface area contributed by atoms with Gasteiger partial charge >= 0.3 is 0 Å². The fourth-order valence-corrected chi connectivity index (χ4v) is 2.92. The van der Waals surface area contributed by atoms with Crippen LogP contribution in [0.2, 0.25) is 0 Å². The summed E-state index contributed by atoms with van der Waals surface area (Å²) >= 11 is 3.21. The quantitative estimate of drug-likeness (QED) is 0.852. The highest BCUT2D eigenvalue weighted by Gasteiger charge is 2.46. The van der Waals surface area contributed by atoms with Gasteiger partial charge in [-0.15, -0.1) is 0 Å². The van der Waals surface area contributed by atoms with Crippen molar-refractivity contribution in [2.24, 2.45) is 13.0 Å². The zero-order valence-corrected chi connectivity index (χ0v) is 13.3. The van der Waals surface area contributed by atoms with Crippen molar-refractivity contribution >= 4 is 27.5 Å². The van der Waals surface area contributed by atoms with E-state index in [2.05, 4.69) is 21.0 Å². The van der Waals surface area contributed by atoms with Gasteiger partial charge in [-0.1, -0.05) is 15.9 Å². The maximum Gasteiger partial charge on any atom is 0.230 e. The molecule has 110 valence electrons. The molecule has 0 bridgehead atoms. The Labute approximate surface area is 130 Å². The number of aromatic nitrogens is 2. The molecule has 1 fully saturated rings. The summed E-state index contributed by atoms with van der Waals surface area (Å²) in [5.74, 6) is -0.335. The van der Waals surface area contributed by atoms with Crippen molar-refractivity contribution in [3.8, 4) is 0 Å². The highest BCUT2D eigenvalue weighted by molar-refractivity contribution is 9.10. The molecule has 6 heteroatoms. The molecule has 1 heterocycles. The molecule has 0 radical (unpaired) electrons. The second-order valence-electron chi connectivity index (χ2n) is 5.39. The molecule has 1 aromatic heterocycles. The van der Waals surface area contributed by atoms with E-state index in [-0.39, 0.29) is 17.7 Å². The number of nitrogens with zero attached hydrogens (tertiary/aromatic N) is 3. The van der Waals surface area contributed by atoms with Gasteiger partial charge in [0.2, 0.25) is 5.91 Å². The summed E-state index contributed by atoms with van der Waals surface area (Å²) in [5.41, 5.74) is 1.38. The minimum atomic E-state index is -0.404. The third kappa shape index (κ3) is 2.72. The van der Waals surface area contributed by atoms with Gasteiger partial charge in [-0.3, -0.25) is 9.48 Å². The molecular formula is C15H15BrFN3O. The lowest BCUT2D eigenvalue weighted by Gasteiger charge is -2.18. The molecule has 0 spiro atoms. The van der Waals surface area contributed by atoms with Gasteiger partial charge in [-0.05, 0) is 36.1 Å². The standard InChI is InChI=1S/C15H15BrFN3O/c1-19-8-9(7-18-19)11-6-12(11)15(21)20(2)14-4-3-10(16)5-13(14)17/h3-5,7-8,11-12H,6H2,1-2H3/t11-,12-/m1/s1. The SMILES string of the molecule is CN(C(=O)[C@@H]1C[C@@H]1c1cnn(C)c1)c1ccc(Br)cc1F. The lowest BCUT2D eigenvalue weighted by molar-refractivity contribution is -0.119. The van der Waals surface area contributed by atoms with Gasteiger partial charge in [-0.25, -0.2) is 4.39 Å². The molecule has 3 rings (SSSR count). The minimum absolute atomic E-state index is 0.0509. The van der Waals surface area contributed by atoms with Crippen molar-refractivity contribution in [1.29, 1.82) is 0 Å². The summed E-state index contributed by atoms with van der Waals surface area (Å²) in [6.07, 6.45) is 4.52. The number of hydrogen-bond donors (Lipinski definition) is 0. The molecular weight excluding hydrogens is 337 g/mol. The Morgan fingerprint density at radius 2 is 2.29 bits per heavy atom. The monoisotopic (exact) mass is 351 g/mol. The average molecular weight is 352 g/mol. The summed E-state index contributed by atoms with van der Waals surface area (Å²) in [6.45, 7) is 0. The maximum absolute atomic E-state index is 13.9. The van der Waals surface area contributed by atoms with Gasteiger partial charge in [0.05, 0.1) is 11.9 Å². The van der Waals surface area contributed by atoms with Crippen molar-refractivity contribution in [2.75, 3.05) is 11.9 Å². The predicted molar refractivity (Wildman–Crippen MR) is 81.6 cm³/mol. The molecule has 21 heavy (non-hydrogen) atoms. The Balaban J connectivity index is 1.74. The zero-order valence-electron chi connectivity index (χ0n) is 11.8. The number of benzene rings is 1. The first-order valence-corrected chi connectivity index (χ1v) is 7.48. The van der Waals surface area contributed by atoms with Crippen molar-refractivity contribution in [3.63, 3.8) is 0 Å². The van der Waals surface area contributed by atoms with Crippen molar-refractivity contribution < 1.29 is 9.18 Å². The van der Waals surface area contributed by atoms with E-state index in [0.717, 1.165) is 12.0 Å². The van der Waals surface area contributed by atoms with Crippen LogP contribution in [0.4, 0.5) is 10.1 Å². The number of hydrogen-bond acceptors (Lipinski definition) is 2. The van der Waals surface area contributed by atoms with Gasteiger partial charge in [0.1, 0.15) is 5.82 Å². The summed E-state index contributed by atoms with van der Waals surface area (Å²) in [5, 5.41) is 4.13. The molecule has 2 atom stereocenters. The molecule has 0 unspecified atom stereocenters. The van der Waals surface area contributed by atoms with Gasteiger partial charge in [0.15, 0.2) is 0 Å². The topological polar surface area (TPSA) is 38.1 Å². The first kappa shape index (κ1) is 14.3. The summed E-state index contributed by atoms with van der Waals surface area (Å²) in [4.78, 5) is 13.9. The molecule has 1 aliphatic rings. The molecule has 2 aromatic rings. The first-order valence-electron chi connectivity index (χ1n) is 6.68. The molecule has 1 saturated carbocycles. The van der Waals surface area contributed by atoms with Crippen LogP contribution >= 0.6 is 15.9 Å². The Morgan fingerprint density at radius 1 is 1.52 bits per heavy atom. The van der Waals surface area contributed by atoms with E-state index in [1.54, 1.807) is 30.1 Å². The predicted octanol–water partition coefficient (Wildman–Crippen LogP) is 3.09. The molecule has 0 aliphatic heterocycles. The number of aryl methyl sites for hydroxylation is 1. The van der Waals surface area contributed by atoms with E-state index in [4.69, 9.17) is 0 Å². The number of carbonyl (C=O) groups is 1. The summed E-state index contributed by atoms with van der Waals surface area (Å²) in [7, 11) is 3.47. The van der Waals surface area contributed by atoms with Crippen molar-refractivity contribution in [1.82, 2.24) is 9.78 Å². The van der Waals surface area contributed by atoms with E-state index in [0.29, 0.717) is 10.2 Å². The van der Waals surface area contributed by atoms with Crippen LogP contribution in [0.5, 0.6) is 0 Å². The molecule has 1 aliphatic carbocycles. The number of carbonyl (C=O) groups excluding carboxylic acids is 1. The Hall–Kier alpha value is -1.69. The molecule has 1 amide bonds. The van der Waals surface area contributed by atoms with Crippen LogP contribution < -0.4 is 4.90 Å². The van der Waals surface area contributed by atoms with Crippen LogP contribution in [0.25, 0.3) is 0 Å². The van der Waals surface area contributed by atoms with Crippen LogP contribution in [-0.4, -0.2) is 22.7 Å². The molecule has 4 nitrogen and oxygen atoms in total. The minimum Gasteiger partial charge on any atom is -0.313 e. The lowest BCUT2D eigenvalue weighted by atomic mass is 10.2. The van der Waals surface area contributed by atoms with Crippen molar-refractivity contribution in [3.05, 3.63) is 46.4 Å². The summed E-state index contributed by atoms with van der Waals surface area (Å²) < 4.78 is 16.3. The lowest BCUT2D eigenvalue weighted by Crippen LogP contribution is -2.29. The van der Waals surface area contributed by atoms with E-state index in [9.17, 15) is 9.18 Å². The number of rotatable bonds is 3. The van der Waals surface area contributed by atoms with E-state index >= 15 is 0 Å². The van der Waals surface area contributed by atoms with Crippen LogP contribution in [-0.2, 0) is 11.8 Å². The Bertz CT molecular complexity index is 700. The van der Waals surface area contributed by atoms with E-state index in [1.165, 1.54) is 11.0 Å². The third-order valence-electron chi connectivity index (χ3n) is 3.86. The number of halogens is 2. The molecule has 1 aromatic carbocycles. The molecule has 0 N–H and O–H groups in total. The average Bonchev–Trinajstić information content (AvgIpc) is 3.12. The Morgan fingerprint density at radius 3 is 2.90 bits per heavy atom. The molecule has 0 saturated heterocycles. The maximum atomic E-state index is 13.9. The number of amides is 1. The highest BCUT2D eigenvalue weighted by atomic mass is 79.9. The van der Waals surface area contributed by atoms with Crippen LogP contribution in [0, 0.1) is 11.7 Å². The van der Waals surface area contributed by atoms with Gasteiger partial charge in [0, 0.05) is 30.7 Å². The van der Waals surface area contributed by atoms with Crippen molar-refractivity contribution in [2.45, 2.75) is 12.3 Å². The van der Waals surface area contributed by atoms with E-state index < -0.39 is 5.82 Å². The van der Waals surface area contributed by atoms with E-state index in [1.807, 2.05) is 13.2 Å². The zero-order chi connectivity index (χ0) is 15.1. The largest absolute Gasteiger partial charge is 0.313 e. The van der Waals surface area contributed by atoms with Crippen LogP contribution in [0.3, 0.4) is 0 Å². The second-order valence-corrected chi connectivity index (χ2v) is 6.30.